The van der Waals surface area contributed by atoms with Crippen molar-refractivity contribution in [2.75, 3.05) is 31.4 Å². The minimum atomic E-state index is -0.0237. The summed E-state index contributed by atoms with van der Waals surface area (Å²) >= 11 is 0. The zero-order valence-electron chi connectivity index (χ0n) is 15.5. The average Bonchev–Trinajstić information content (AvgIpc) is 2.58. The summed E-state index contributed by atoms with van der Waals surface area (Å²) in [5.74, 6) is 1.43. The molecule has 0 unspecified atom stereocenters. The molecule has 0 bridgehead atoms. The molecular formula is C20H26N2O3. The van der Waals surface area contributed by atoms with Crippen LogP contribution in [-0.2, 0) is 4.79 Å². The lowest BCUT2D eigenvalue weighted by atomic mass is 10.1. The molecular weight excluding hydrogens is 316 g/mol. The van der Waals surface area contributed by atoms with E-state index in [0.29, 0.717) is 18.7 Å². The summed E-state index contributed by atoms with van der Waals surface area (Å²) in [6.07, 6.45) is 0.354. The third kappa shape index (κ3) is 4.89. The quantitative estimate of drug-likeness (QED) is 0.796. The van der Waals surface area contributed by atoms with E-state index in [9.17, 15) is 4.79 Å². The smallest absolute Gasteiger partial charge is 0.226 e. The maximum atomic E-state index is 12.3. The largest absolute Gasteiger partial charge is 0.497 e. The van der Waals surface area contributed by atoms with Crippen LogP contribution in [0.1, 0.15) is 23.1 Å². The van der Waals surface area contributed by atoms with Gasteiger partial charge in [-0.2, -0.15) is 0 Å². The molecule has 2 aromatic carbocycles. The second kappa shape index (κ2) is 8.42. The maximum absolute atomic E-state index is 12.3. The summed E-state index contributed by atoms with van der Waals surface area (Å²) in [7, 11) is 3.23. The molecule has 5 heteroatoms. The number of ether oxygens (including phenoxy) is 2. The minimum absolute atomic E-state index is 0.0237. The van der Waals surface area contributed by atoms with Gasteiger partial charge in [-0.15, -0.1) is 0 Å². The Morgan fingerprint density at radius 2 is 1.68 bits per heavy atom. The first kappa shape index (κ1) is 18.6. The Labute approximate surface area is 149 Å². The zero-order valence-corrected chi connectivity index (χ0v) is 15.5. The van der Waals surface area contributed by atoms with Gasteiger partial charge in [-0.05, 0) is 44.0 Å². The van der Waals surface area contributed by atoms with Gasteiger partial charge >= 0.3 is 0 Å². The van der Waals surface area contributed by atoms with Crippen molar-refractivity contribution < 1.29 is 14.3 Å². The predicted octanol–water partition coefficient (Wildman–Crippen LogP) is 4.07. The fraction of sp³-hybridized carbons (Fsp3) is 0.350. The van der Waals surface area contributed by atoms with E-state index >= 15 is 0 Å². The highest BCUT2D eigenvalue weighted by atomic mass is 16.5. The number of hydrogen-bond acceptors (Lipinski definition) is 4. The molecule has 0 aliphatic carbocycles. The third-order valence-corrected chi connectivity index (χ3v) is 4.02. The number of carbonyl (C=O) groups excluding carboxylic acids is 1. The van der Waals surface area contributed by atoms with Crippen molar-refractivity contribution in [3.8, 4) is 11.5 Å². The van der Waals surface area contributed by atoms with Gasteiger partial charge in [0, 0.05) is 24.7 Å². The molecule has 1 amide bonds. The number of amides is 1. The second-order valence-electron chi connectivity index (χ2n) is 6.06. The number of hydrogen-bond donors (Lipinski definition) is 2. The fourth-order valence-corrected chi connectivity index (χ4v) is 2.84. The van der Waals surface area contributed by atoms with E-state index in [0.717, 1.165) is 28.3 Å². The predicted molar refractivity (Wildman–Crippen MR) is 102 cm³/mol. The normalized spacial score (nSPS) is 10.3. The van der Waals surface area contributed by atoms with Crippen molar-refractivity contribution in [3.63, 3.8) is 0 Å². The Kier molecular flexibility index (Phi) is 6.28. The number of aryl methyl sites for hydroxylation is 3. The lowest BCUT2D eigenvalue weighted by molar-refractivity contribution is -0.115. The Balaban J connectivity index is 1.95. The van der Waals surface area contributed by atoms with Crippen LogP contribution in [0.15, 0.2) is 30.3 Å². The highest BCUT2D eigenvalue weighted by Crippen LogP contribution is 2.28. The van der Waals surface area contributed by atoms with Gasteiger partial charge in [-0.25, -0.2) is 0 Å². The molecule has 25 heavy (non-hydrogen) atoms. The molecule has 0 aromatic heterocycles. The SMILES string of the molecule is COc1ccc(OC)c(NCCC(=O)Nc2c(C)cc(C)cc2C)c1. The number of nitrogens with one attached hydrogen (secondary N) is 2. The summed E-state index contributed by atoms with van der Waals surface area (Å²) < 4.78 is 10.5. The van der Waals surface area contributed by atoms with Gasteiger partial charge in [-0.1, -0.05) is 17.7 Å². The average molecular weight is 342 g/mol. The van der Waals surface area contributed by atoms with E-state index in [1.807, 2.05) is 32.0 Å². The first-order valence-corrected chi connectivity index (χ1v) is 8.28. The standard InChI is InChI=1S/C20H26N2O3/c1-13-10-14(2)20(15(3)11-13)22-19(23)8-9-21-17-12-16(24-4)6-7-18(17)25-5/h6-7,10-12,21H,8-9H2,1-5H3,(H,22,23). The van der Waals surface area contributed by atoms with Crippen molar-refractivity contribution in [1.82, 2.24) is 0 Å². The molecule has 0 aliphatic heterocycles. The first-order chi connectivity index (χ1) is 11.9. The molecule has 0 saturated carbocycles. The molecule has 2 N–H and O–H groups in total. The molecule has 2 aromatic rings. The molecule has 0 saturated heterocycles. The summed E-state index contributed by atoms with van der Waals surface area (Å²) in [6, 6.07) is 9.66. The maximum Gasteiger partial charge on any atom is 0.226 e. The van der Waals surface area contributed by atoms with E-state index in [2.05, 4.69) is 29.7 Å². The molecule has 0 radical (unpaired) electrons. The lowest BCUT2D eigenvalue weighted by Gasteiger charge is -2.14. The summed E-state index contributed by atoms with van der Waals surface area (Å²) in [5, 5.41) is 6.24. The van der Waals surface area contributed by atoms with Crippen LogP contribution < -0.4 is 20.1 Å². The van der Waals surface area contributed by atoms with Crippen LogP contribution in [0, 0.1) is 20.8 Å². The molecule has 5 nitrogen and oxygen atoms in total. The van der Waals surface area contributed by atoms with Crippen molar-refractivity contribution in [2.45, 2.75) is 27.2 Å². The second-order valence-corrected chi connectivity index (χ2v) is 6.06. The molecule has 0 spiro atoms. The molecule has 0 fully saturated rings. The highest BCUT2D eigenvalue weighted by Gasteiger charge is 2.09. The van der Waals surface area contributed by atoms with Gasteiger partial charge in [0.05, 0.1) is 19.9 Å². The van der Waals surface area contributed by atoms with Crippen LogP contribution in [0.2, 0.25) is 0 Å². The number of anilines is 2. The van der Waals surface area contributed by atoms with Crippen LogP contribution in [0.5, 0.6) is 11.5 Å². The molecule has 134 valence electrons. The van der Waals surface area contributed by atoms with Gasteiger partial charge in [0.15, 0.2) is 0 Å². The Morgan fingerprint density at radius 1 is 1.00 bits per heavy atom. The van der Waals surface area contributed by atoms with Gasteiger partial charge in [0.1, 0.15) is 11.5 Å². The van der Waals surface area contributed by atoms with Crippen molar-refractivity contribution in [1.29, 1.82) is 0 Å². The van der Waals surface area contributed by atoms with E-state index < -0.39 is 0 Å². The number of methoxy groups -OCH3 is 2. The monoisotopic (exact) mass is 342 g/mol. The highest BCUT2D eigenvalue weighted by molar-refractivity contribution is 5.92. The number of benzene rings is 2. The molecule has 0 aliphatic rings. The Bertz CT molecular complexity index is 734. The Hall–Kier alpha value is -2.69. The van der Waals surface area contributed by atoms with Gasteiger partial charge in [0.2, 0.25) is 5.91 Å². The van der Waals surface area contributed by atoms with Crippen LogP contribution in [0.4, 0.5) is 11.4 Å². The minimum Gasteiger partial charge on any atom is -0.497 e. The van der Waals surface area contributed by atoms with E-state index in [4.69, 9.17) is 9.47 Å². The Morgan fingerprint density at radius 3 is 2.28 bits per heavy atom. The van der Waals surface area contributed by atoms with Crippen molar-refractivity contribution in [3.05, 3.63) is 47.0 Å². The molecule has 0 heterocycles. The van der Waals surface area contributed by atoms with E-state index in [1.54, 1.807) is 14.2 Å². The summed E-state index contributed by atoms with van der Waals surface area (Å²) in [4.78, 5) is 12.3. The van der Waals surface area contributed by atoms with E-state index in [-0.39, 0.29) is 5.91 Å². The zero-order chi connectivity index (χ0) is 18.4. The topological polar surface area (TPSA) is 59.6 Å². The fourth-order valence-electron chi connectivity index (χ4n) is 2.84. The van der Waals surface area contributed by atoms with Crippen LogP contribution in [0.25, 0.3) is 0 Å². The van der Waals surface area contributed by atoms with Gasteiger partial charge in [-0.3, -0.25) is 4.79 Å². The number of carbonyl (C=O) groups is 1. The summed E-state index contributed by atoms with van der Waals surface area (Å²) in [6.45, 7) is 6.57. The van der Waals surface area contributed by atoms with Gasteiger partial charge < -0.3 is 20.1 Å². The van der Waals surface area contributed by atoms with Crippen LogP contribution in [0.3, 0.4) is 0 Å². The van der Waals surface area contributed by atoms with E-state index in [1.165, 1.54) is 5.56 Å². The van der Waals surface area contributed by atoms with Crippen LogP contribution >= 0.6 is 0 Å². The molecule has 0 atom stereocenters. The van der Waals surface area contributed by atoms with Crippen molar-refractivity contribution >= 4 is 17.3 Å². The first-order valence-electron chi connectivity index (χ1n) is 8.28. The molecule has 2 rings (SSSR count). The van der Waals surface area contributed by atoms with Crippen LogP contribution in [-0.4, -0.2) is 26.7 Å². The van der Waals surface area contributed by atoms with Gasteiger partial charge in [0.25, 0.3) is 0 Å². The van der Waals surface area contributed by atoms with Crippen molar-refractivity contribution in [2.24, 2.45) is 0 Å². The third-order valence-electron chi connectivity index (χ3n) is 4.02. The summed E-state index contributed by atoms with van der Waals surface area (Å²) in [5.41, 5.74) is 5.05. The lowest BCUT2D eigenvalue weighted by Crippen LogP contribution is -2.17. The number of rotatable bonds is 7.